The van der Waals surface area contributed by atoms with Crippen LogP contribution in [0, 0.1) is 0 Å². The van der Waals surface area contributed by atoms with E-state index in [0.29, 0.717) is 13.1 Å². The summed E-state index contributed by atoms with van der Waals surface area (Å²) in [6.07, 6.45) is 1.31. The Morgan fingerprint density at radius 2 is 1.90 bits per heavy atom. The zero-order chi connectivity index (χ0) is 15.0. The maximum atomic E-state index is 12.2. The summed E-state index contributed by atoms with van der Waals surface area (Å²) in [7, 11) is 0. The van der Waals surface area contributed by atoms with Gasteiger partial charge in [-0.15, -0.1) is 0 Å². The first-order valence-corrected chi connectivity index (χ1v) is 7.41. The van der Waals surface area contributed by atoms with E-state index in [2.05, 4.69) is 6.07 Å². The van der Waals surface area contributed by atoms with Gasteiger partial charge in [-0.25, -0.2) is 4.79 Å². The average molecular weight is 287 g/mol. The highest BCUT2D eigenvalue weighted by Crippen LogP contribution is 2.29. The molecule has 0 spiro atoms. The largest absolute Gasteiger partial charge is 0.461 e. The Balaban J connectivity index is 1.78. The Hall–Kier alpha value is -1.97. The van der Waals surface area contributed by atoms with Gasteiger partial charge in [0.2, 0.25) is 0 Å². The number of hydrogen-bond acceptors (Lipinski definition) is 3. The fourth-order valence-corrected chi connectivity index (χ4v) is 2.73. The minimum Gasteiger partial charge on any atom is -0.461 e. The molecule has 0 fully saturated rings. The van der Waals surface area contributed by atoms with Crippen molar-refractivity contribution in [2.24, 2.45) is 0 Å². The summed E-state index contributed by atoms with van der Waals surface area (Å²) in [5.74, 6) is 1.00. The molecule has 2 heterocycles. The van der Waals surface area contributed by atoms with Gasteiger partial charge >= 0.3 is 6.09 Å². The zero-order valence-electron chi connectivity index (χ0n) is 12.8. The monoisotopic (exact) mass is 287 g/mol. The molecule has 0 saturated carbocycles. The van der Waals surface area contributed by atoms with E-state index in [1.165, 1.54) is 10.9 Å². The van der Waals surface area contributed by atoms with Crippen LogP contribution in [-0.2, 0) is 17.6 Å². The normalized spacial score (nSPS) is 15.7. The Kier molecular flexibility index (Phi) is 3.40. The standard InChI is InChI=1S/C17H21NO3/c1-17(2,3)21-16(19)18-10-8-13-12-6-4-5-7-14(12)20-15(13)9-11-18/h4-7H,8-11H2,1-3H3. The number of benzene rings is 1. The second kappa shape index (κ2) is 5.10. The second-order valence-corrected chi connectivity index (χ2v) is 6.47. The van der Waals surface area contributed by atoms with Gasteiger partial charge in [0.15, 0.2) is 0 Å². The van der Waals surface area contributed by atoms with Crippen LogP contribution in [0.5, 0.6) is 0 Å². The number of hydrogen-bond donors (Lipinski definition) is 0. The molecule has 1 aromatic carbocycles. The van der Waals surface area contributed by atoms with E-state index < -0.39 is 5.60 Å². The Morgan fingerprint density at radius 1 is 1.19 bits per heavy atom. The molecule has 112 valence electrons. The van der Waals surface area contributed by atoms with Gasteiger partial charge in [-0.3, -0.25) is 0 Å². The van der Waals surface area contributed by atoms with Crippen LogP contribution < -0.4 is 0 Å². The van der Waals surface area contributed by atoms with Crippen molar-refractivity contribution >= 4 is 17.1 Å². The van der Waals surface area contributed by atoms with E-state index >= 15 is 0 Å². The van der Waals surface area contributed by atoms with Crippen molar-refractivity contribution in [3.63, 3.8) is 0 Å². The lowest BCUT2D eigenvalue weighted by molar-refractivity contribution is 0.0257. The molecule has 1 amide bonds. The number of nitrogens with zero attached hydrogens (tertiary/aromatic N) is 1. The number of carbonyl (C=O) groups excluding carboxylic acids is 1. The predicted molar refractivity (Wildman–Crippen MR) is 81.4 cm³/mol. The lowest BCUT2D eigenvalue weighted by Crippen LogP contribution is -2.38. The third-order valence-electron chi connectivity index (χ3n) is 3.67. The summed E-state index contributed by atoms with van der Waals surface area (Å²) < 4.78 is 11.4. The van der Waals surface area contributed by atoms with Crippen molar-refractivity contribution in [2.45, 2.75) is 39.2 Å². The molecule has 3 rings (SSSR count). The summed E-state index contributed by atoms with van der Waals surface area (Å²) in [5, 5.41) is 1.17. The topological polar surface area (TPSA) is 42.7 Å². The van der Waals surface area contributed by atoms with Crippen molar-refractivity contribution in [2.75, 3.05) is 13.1 Å². The molecule has 21 heavy (non-hydrogen) atoms. The summed E-state index contributed by atoms with van der Waals surface area (Å²) in [6.45, 7) is 6.98. The molecule has 0 atom stereocenters. The van der Waals surface area contributed by atoms with Crippen LogP contribution in [0.4, 0.5) is 4.79 Å². The van der Waals surface area contributed by atoms with Crippen LogP contribution in [0.2, 0.25) is 0 Å². The fraction of sp³-hybridized carbons (Fsp3) is 0.471. The number of rotatable bonds is 0. The van der Waals surface area contributed by atoms with Gasteiger partial charge in [0, 0.05) is 30.5 Å². The Morgan fingerprint density at radius 3 is 2.67 bits per heavy atom. The molecule has 4 nitrogen and oxygen atoms in total. The second-order valence-electron chi connectivity index (χ2n) is 6.47. The van der Waals surface area contributed by atoms with Crippen molar-refractivity contribution in [3.05, 3.63) is 35.6 Å². The van der Waals surface area contributed by atoms with Gasteiger partial charge < -0.3 is 14.1 Å². The molecular weight excluding hydrogens is 266 g/mol. The number of furan rings is 1. The minimum absolute atomic E-state index is 0.239. The van der Waals surface area contributed by atoms with E-state index in [0.717, 1.165) is 24.2 Å². The number of carbonyl (C=O) groups is 1. The Bertz CT molecular complexity index is 666. The molecule has 1 aromatic heterocycles. The first-order chi connectivity index (χ1) is 9.94. The molecule has 0 bridgehead atoms. The maximum Gasteiger partial charge on any atom is 0.410 e. The van der Waals surface area contributed by atoms with Crippen molar-refractivity contribution in [3.8, 4) is 0 Å². The molecule has 0 unspecified atom stereocenters. The van der Waals surface area contributed by atoms with Crippen LogP contribution in [0.25, 0.3) is 11.0 Å². The SMILES string of the molecule is CC(C)(C)OC(=O)N1CCc2oc3ccccc3c2CC1. The first-order valence-electron chi connectivity index (χ1n) is 7.41. The molecule has 1 aliphatic heterocycles. The van der Waals surface area contributed by atoms with Gasteiger partial charge in [0.1, 0.15) is 16.9 Å². The van der Waals surface area contributed by atoms with Crippen LogP contribution in [0.3, 0.4) is 0 Å². The van der Waals surface area contributed by atoms with Crippen LogP contribution in [-0.4, -0.2) is 29.7 Å². The molecule has 2 aromatic rings. The van der Waals surface area contributed by atoms with Gasteiger partial charge in [-0.1, -0.05) is 18.2 Å². The van der Waals surface area contributed by atoms with Crippen molar-refractivity contribution in [1.29, 1.82) is 0 Å². The summed E-state index contributed by atoms with van der Waals surface area (Å²) >= 11 is 0. The third-order valence-corrected chi connectivity index (χ3v) is 3.67. The molecule has 1 aliphatic rings. The summed E-state index contributed by atoms with van der Waals surface area (Å²) in [6, 6.07) is 8.09. The van der Waals surface area contributed by atoms with Crippen molar-refractivity contribution < 1.29 is 13.9 Å². The summed E-state index contributed by atoms with van der Waals surface area (Å²) in [4.78, 5) is 13.9. The number of para-hydroxylation sites is 1. The highest BCUT2D eigenvalue weighted by molar-refractivity contribution is 5.82. The van der Waals surface area contributed by atoms with E-state index in [9.17, 15) is 4.79 Å². The van der Waals surface area contributed by atoms with Gasteiger partial charge in [0.25, 0.3) is 0 Å². The molecule has 0 N–H and O–H groups in total. The van der Waals surface area contributed by atoms with E-state index in [-0.39, 0.29) is 6.09 Å². The van der Waals surface area contributed by atoms with E-state index in [4.69, 9.17) is 9.15 Å². The van der Waals surface area contributed by atoms with Crippen LogP contribution in [0.15, 0.2) is 28.7 Å². The van der Waals surface area contributed by atoms with Gasteiger partial charge in [0.05, 0.1) is 0 Å². The molecule has 0 aliphatic carbocycles. The lowest BCUT2D eigenvalue weighted by Gasteiger charge is -2.26. The molecule has 4 heteroatoms. The smallest absolute Gasteiger partial charge is 0.410 e. The van der Waals surface area contributed by atoms with Crippen LogP contribution in [0.1, 0.15) is 32.1 Å². The highest BCUT2D eigenvalue weighted by Gasteiger charge is 2.26. The van der Waals surface area contributed by atoms with Gasteiger partial charge in [-0.05, 0) is 33.3 Å². The van der Waals surface area contributed by atoms with E-state index in [1.807, 2.05) is 39.0 Å². The number of amides is 1. The first kappa shape index (κ1) is 14.0. The summed E-state index contributed by atoms with van der Waals surface area (Å²) in [5.41, 5.74) is 1.72. The molecule has 0 saturated heterocycles. The average Bonchev–Trinajstić information content (AvgIpc) is 2.61. The number of ether oxygens (including phenoxy) is 1. The number of fused-ring (bicyclic) bond motifs is 3. The Labute approximate surface area is 124 Å². The highest BCUT2D eigenvalue weighted by atomic mass is 16.6. The fourth-order valence-electron chi connectivity index (χ4n) is 2.73. The maximum absolute atomic E-state index is 12.2. The molecule has 0 radical (unpaired) electrons. The lowest BCUT2D eigenvalue weighted by atomic mass is 10.1. The quantitative estimate of drug-likeness (QED) is 0.740. The minimum atomic E-state index is -0.456. The predicted octanol–water partition coefficient (Wildman–Crippen LogP) is 3.77. The van der Waals surface area contributed by atoms with Crippen LogP contribution >= 0.6 is 0 Å². The third kappa shape index (κ3) is 2.89. The van der Waals surface area contributed by atoms with Crippen molar-refractivity contribution in [1.82, 2.24) is 4.90 Å². The molecular formula is C17H21NO3. The van der Waals surface area contributed by atoms with Gasteiger partial charge in [-0.2, -0.15) is 0 Å². The zero-order valence-corrected chi connectivity index (χ0v) is 12.8. The van der Waals surface area contributed by atoms with E-state index in [1.54, 1.807) is 4.90 Å².